The number of aliphatic hydroxyl groups is 1. The van der Waals surface area contributed by atoms with Gasteiger partial charge in [-0.3, -0.25) is 0 Å². The van der Waals surface area contributed by atoms with Crippen LogP contribution < -0.4 is 15.4 Å². The maximum absolute atomic E-state index is 13.4. The van der Waals surface area contributed by atoms with E-state index in [9.17, 15) is 18.7 Å². The van der Waals surface area contributed by atoms with Gasteiger partial charge in [-0.15, -0.1) is 0 Å². The summed E-state index contributed by atoms with van der Waals surface area (Å²) < 4.78 is 33.6. The van der Waals surface area contributed by atoms with E-state index in [4.69, 9.17) is 9.84 Å². The van der Waals surface area contributed by atoms with E-state index < -0.39 is 29.9 Å². The molecule has 3 atom stereocenters. The summed E-state index contributed by atoms with van der Waals surface area (Å²) in [5, 5.41) is 25.2. The normalized spacial score (nSPS) is 17.7. The lowest BCUT2D eigenvalue weighted by Crippen LogP contribution is -2.49. The Kier molecular flexibility index (Phi) is 7.25. The smallest absolute Gasteiger partial charge is 0.404 e. The third-order valence-electron chi connectivity index (χ3n) is 4.74. The summed E-state index contributed by atoms with van der Waals surface area (Å²) in [6.45, 7) is 0.624. The van der Waals surface area contributed by atoms with Crippen molar-refractivity contribution in [2.75, 3.05) is 13.2 Å². The molecule has 0 fully saturated rings. The lowest BCUT2D eigenvalue weighted by Gasteiger charge is -2.30. The Morgan fingerprint density at radius 2 is 1.97 bits per heavy atom. The Labute approximate surface area is 180 Å². The van der Waals surface area contributed by atoms with E-state index in [-0.39, 0.29) is 24.6 Å². The fourth-order valence-corrected chi connectivity index (χ4v) is 3.92. The predicted molar refractivity (Wildman–Crippen MR) is 111 cm³/mol. The van der Waals surface area contributed by atoms with E-state index in [0.717, 1.165) is 33.1 Å². The molecule has 1 amide bonds. The number of carboxylic acid groups (broad SMARTS) is 1. The maximum atomic E-state index is 13.4. The number of aliphatic hydroxyl groups excluding tert-OH is 1. The molecule has 0 aliphatic carbocycles. The Morgan fingerprint density at radius 3 is 2.66 bits per heavy atom. The summed E-state index contributed by atoms with van der Waals surface area (Å²) >= 11 is 2.21. The molecule has 0 spiro atoms. The van der Waals surface area contributed by atoms with Crippen molar-refractivity contribution in [2.24, 2.45) is 0 Å². The molecular formula is C20H21F2IN2O4. The highest BCUT2D eigenvalue weighted by Gasteiger charge is 2.26. The quantitative estimate of drug-likeness (QED) is 0.423. The molecule has 0 saturated heterocycles. The van der Waals surface area contributed by atoms with Gasteiger partial charge in [-0.2, -0.15) is 0 Å². The van der Waals surface area contributed by atoms with Crippen LogP contribution in [0.4, 0.5) is 13.6 Å². The van der Waals surface area contributed by atoms with Gasteiger partial charge in [-0.05, 0) is 64.9 Å². The number of hydrogen-bond donors (Lipinski definition) is 4. The first-order valence-electron chi connectivity index (χ1n) is 9.10. The molecule has 4 N–H and O–H groups in total. The lowest BCUT2D eigenvalue weighted by molar-refractivity contribution is 0.112. The van der Waals surface area contributed by atoms with Gasteiger partial charge in [0.25, 0.3) is 0 Å². The number of amides is 1. The fraction of sp³-hybridized carbons (Fsp3) is 0.350. The van der Waals surface area contributed by atoms with E-state index in [2.05, 4.69) is 33.2 Å². The monoisotopic (exact) mass is 518 g/mol. The maximum Gasteiger partial charge on any atom is 0.404 e. The van der Waals surface area contributed by atoms with Crippen LogP contribution in [-0.4, -0.2) is 41.6 Å². The van der Waals surface area contributed by atoms with Crippen LogP contribution >= 0.6 is 22.6 Å². The van der Waals surface area contributed by atoms with Crippen molar-refractivity contribution in [3.05, 3.63) is 62.7 Å². The molecule has 2 aromatic carbocycles. The number of benzene rings is 2. The summed E-state index contributed by atoms with van der Waals surface area (Å²) in [5.74, 6) is -0.732. The summed E-state index contributed by atoms with van der Waals surface area (Å²) in [6.07, 6.45) is -1.78. The summed E-state index contributed by atoms with van der Waals surface area (Å²) in [5.41, 5.74) is 1.23. The molecule has 0 bridgehead atoms. The van der Waals surface area contributed by atoms with Crippen LogP contribution in [0.2, 0.25) is 0 Å². The van der Waals surface area contributed by atoms with E-state index in [1.165, 1.54) is 0 Å². The fourth-order valence-electron chi connectivity index (χ4n) is 3.41. The van der Waals surface area contributed by atoms with Gasteiger partial charge >= 0.3 is 6.09 Å². The second-order valence-corrected chi connectivity index (χ2v) is 8.13. The third-order valence-corrected chi connectivity index (χ3v) is 5.41. The van der Waals surface area contributed by atoms with Gasteiger partial charge in [0.2, 0.25) is 0 Å². The van der Waals surface area contributed by atoms with Gasteiger partial charge in [-0.25, -0.2) is 13.6 Å². The minimum atomic E-state index is -1.32. The van der Waals surface area contributed by atoms with Crippen LogP contribution in [0, 0.1) is 15.2 Å². The molecule has 0 saturated carbocycles. The van der Waals surface area contributed by atoms with Crippen LogP contribution in [-0.2, 0) is 6.42 Å². The summed E-state index contributed by atoms with van der Waals surface area (Å²) in [7, 11) is 0. The second kappa shape index (κ2) is 9.68. The molecule has 3 rings (SSSR count). The molecule has 0 aromatic heterocycles. The second-order valence-electron chi connectivity index (χ2n) is 6.89. The predicted octanol–water partition coefficient (Wildman–Crippen LogP) is 3.22. The first-order chi connectivity index (χ1) is 13.8. The van der Waals surface area contributed by atoms with Crippen LogP contribution in [0.1, 0.15) is 23.6 Å². The standard InChI is InChI=1S/C20H21F2IN2O4/c21-12-5-11(6-13(22)8-12)7-17(25-20(27)28)18(26)10-24-16-3-4-29-19-2-1-14(23)9-15(16)19/h1-2,5-6,8-9,16-18,24-26H,3-4,7,10H2,(H,27,28)/t16-,17-,18+/m0/s1. The Morgan fingerprint density at radius 1 is 1.24 bits per heavy atom. The van der Waals surface area contributed by atoms with Gasteiger partial charge in [0.15, 0.2) is 0 Å². The van der Waals surface area contributed by atoms with Crippen LogP contribution in [0.3, 0.4) is 0 Å². The molecule has 6 nitrogen and oxygen atoms in total. The van der Waals surface area contributed by atoms with Gasteiger partial charge < -0.3 is 25.6 Å². The van der Waals surface area contributed by atoms with E-state index in [1.54, 1.807) is 0 Å². The number of fused-ring (bicyclic) bond motifs is 1. The lowest BCUT2D eigenvalue weighted by atomic mass is 9.98. The number of hydrogen-bond acceptors (Lipinski definition) is 4. The average molecular weight is 518 g/mol. The molecule has 1 heterocycles. The van der Waals surface area contributed by atoms with E-state index in [0.29, 0.717) is 13.0 Å². The SMILES string of the molecule is O=C(O)N[C@@H](Cc1cc(F)cc(F)c1)[C@H](O)CN[C@H]1CCOc2ccc(I)cc21. The largest absolute Gasteiger partial charge is 0.493 e. The molecular weight excluding hydrogens is 497 g/mol. The van der Waals surface area contributed by atoms with E-state index >= 15 is 0 Å². The molecule has 1 aliphatic heterocycles. The van der Waals surface area contributed by atoms with Gasteiger partial charge in [-0.1, -0.05) is 0 Å². The Balaban J connectivity index is 1.68. The Hall–Kier alpha value is -1.98. The first-order valence-corrected chi connectivity index (χ1v) is 10.2. The van der Waals surface area contributed by atoms with Crippen LogP contribution in [0.25, 0.3) is 0 Å². The summed E-state index contributed by atoms with van der Waals surface area (Å²) in [4.78, 5) is 11.1. The van der Waals surface area contributed by atoms with Crippen molar-refractivity contribution >= 4 is 28.7 Å². The number of rotatable bonds is 7. The minimum absolute atomic E-state index is 0.0495. The van der Waals surface area contributed by atoms with Crippen molar-refractivity contribution in [2.45, 2.75) is 31.0 Å². The van der Waals surface area contributed by atoms with Crippen LogP contribution in [0.15, 0.2) is 36.4 Å². The summed E-state index contributed by atoms with van der Waals surface area (Å²) in [6, 6.07) is 7.84. The number of carbonyl (C=O) groups is 1. The minimum Gasteiger partial charge on any atom is -0.493 e. The molecule has 156 valence electrons. The molecule has 2 aromatic rings. The molecule has 29 heavy (non-hydrogen) atoms. The molecule has 0 radical (unpaired) electrons. The third kappa shape index (κ3) is 6.00. The highest BCUT2D eigenvalue weighted by Crippen LogP contribution is 2.33. The molecule has 1 aliphatic rings. The van der Waals surface area contributed by atoms with E-state index in [1.807, 2.05) is 18.2 Å². The number of nitrogens with one attached hydrogen (secondary N) is 2. The van der Waals surface area contributed by atoms with Crippen LogP contribution in [0.5, 0.6) is 5.75 Å². The van der Waals surface area contributed by atoms with Crippen molar-refractivity contribution in [1.82, 2.24) is 10.6 Å². The van der Waals surface area contributed by atoms with Gasteiger partial charge in [0.1, 0.15) is 17.4 Å². The number of ether oxygens (including phenoxy) is 1. The Bertz CT molecular complexity index is 863. The average Bonchev–Trinajstić information content (AvgIpc) is 2.64. The van der Waals surface area contributed by atoms with Crippen molar-refractivity contribution in [1.29, 1.82) is 0 Å². The highest BCUT2D eigenvalue weighted by molar-refractivity contribution is 14.1. The molecule has 9 heteroatoms. The topological polar surface area (TPSA) is 90.8 Å². The zero-order chi connectivity index (χ0) is 21.0. The van der Waals surface area contributed by atoms with Crippen molar-refractivity contribution in [3.63, 3.8) is 0 Å². The van der Waals surface area contributed by atoms with Crippen molar-refractivity contribution in [3.8, 4) is 5.75 Å². The van der Waals surface area contributed by atoms with Gasteiger partial charge in [0.05, 0.1) is 18.8 Å². The molecule has 0 unspecified atom stereocenters. The van der Waals surface area contributed by atoms with Crippen molar-refractivity contribution < 1.29 is 28.5 Å². The van der Waals surface area contributed by atoms with Gasteiger partial charge in [0, 0.05) is 34.2 Å². The first kappa shape index (κ1) is 21.7. The highest BCUT2D eigenvalue weighted by atomic mass is 127. The zero-order valence-corrected chi connectivity index (χ0v) is 17.5. The number of halogens is 3. The zero-order valence-electron chi connectivity index (χ0n) is 15.4.